The molecule has 0 unspecified atom stereocenters. The molecule has 0 spiro atoms. The van der Waals surface area contributed by atoms with Crippen LogP contribution in [0.15, 0.2) is 120 Å². The summed E-state index contributed by atoms with van der Waals surface area (Å²) < 4.78 is 26.8. The Morgan fingerprint density at radius 2 is 1.10 bits per heavy atom. The lowest BCUT2D eigenvalue weighted by Gasteiger charge is -2.33. The second-order valence-electron chi connectivity index (χ2n) is 7.06. The molecule has 146 valence electrons. The van der Waals surface area contributed by atoms with Gasteiger partial charge in [-0.3, -0.25) is 0 Å². The van der Waals surface area contributed by atoms with Crippen LogP contribution in [0.4, 0.5) is 17.1 Å². The van der Waals surface area contributed by atoms with Crippen LogP contribution in [0, 0.1) is 0 Å². The van der Waals surface area contributed by atoms with Crippen LogP contribution in [0.25, 0.3) is 0 Å². The summed E-state index contributed by atoms with van der Waals surface area (Å²) in [7, 11) is -3.57. The van der Waals surface area contributed by atoms with Gasteiger partial charge in [0.15, 0.2) is 0 Å². The molecule has 6 rings (SSSR count). The van der Waals surface area contributed by atoms with Gasteiger partial charge >= 0.3 is 0 Å². The number of sulfone groups is 1. The Kier molecular flexibility index (Phi) is 4.03. The largest absolute Gasteiger partial charge is 0.308 e. The zero-order chi connectivity index (χ0) is 20.3. The molecule has 0 saturated carbocycles. The fourth-order valence-corrected chi connectivity index (χ4v) is 8.16. The molecule has 0 bridgehead atoms. The van der Waals surface area contributed by atoms with Gasteiger partial charge in [0.05, 0.1) is 21.2 Å². The summed E-state index contributed by atoms with van der Waals surface area (Å²) in [5.41, 5.74) is 2.96. The Labute approximate surface area is 183 Å². The first-order chi connectivity index (χ1) is 14.6. The van der Waals surface area contributed by atoms with E-state index in [0.29, 0.717) is 9.79 Å². The van der Waals surface area contributed by atoms with Crippen LogP contribution in [0.3, 0.4) is 0 Å². The Morgan fingerprint density at radius 3 is 1.80 bits per heavy atom. The maximum atomic E-state index is 13.4. The fraction of sp³-hybridized carbons (Fsp3) is 0. The summed E-state index contributed by atoms with van der Waals surface area (Å²) in [6, 6.07) is 29.4. The lowest BCUT2D eigenvalue weighted by Crippen LogP contribution is -2.16. The van der Waals surface area contributed by atoms with Gasteiger partial charge in [0.1, 0.15) is 0 Å². The monoisotopic (exact) mass is 445 g/mol. The zero-order valence-corrected chi connectivity index (χ0v) is 18.1. The molecule has 0 amide bonds. The molecule has 4 aromatic carbocycles. The zero-order valence-electron chi connectivity index (χ0n) is 15.6. The molecular formula is C24H15NO2S3. The van der Waals surface area contributed by atoms with E-state index in [-0.39, 0.29) is 0 Å². The lowest BCUT2D eigenvalue weighted by molar-refractivity contribution is 0.591. The minimum atomic E-state index is -3.57. The predicted octanol–water partition coefficient (Wildman–Crippen LogP) is 6.92. The summed E-state index contributed by atoms with van der Waals surface area (Å²) in [5.74, 6) is 0. The average molecular weight is 446 g/mol. The third kappa shape index (κ3) is 2.64. The van der Waals surface area contributed by atoms with Crippen molar-refractivity contribution in [2.75, 3.05) is 4.90 Å². The second kappa shape index (κ2) is 6.67. The van der Waals surface area contributed by atoms with Crippen molar-refractivity contribution >= 4 is 50.4 Å². The highest BCUT2D eigenvalue weighted by Gasteiger charge is 2.32. The molecule has 0 N–H and O–H groups in total. The quantitative estimate of drug-likeness (QED) is 0.275. The normalized spacial score (nSPS) is 15.5. The number of nitrogens with zero attached hydrogens (tertiary/aromatic N) is 1. The summed E-state index contributed by atoms with van der Waals surface area (Å²) in [4.78, 5) is 6.76. The molecule has 4 aromatic rings. The van der Waals surface area contributed by atoms with Crippen molar-refractivity contribution < 1.29 is 8.42 Å². The van der Waals surface area contributed by atoms with E-state index < -0.39 is 9.84 Å². The Morgan fingerprint density at radius 1 is 0.567 bits per heavy atom. The summed E-state index contributed by atoms with van der Waals surface area (Å²) in [5, 5.41) is 0. The van der Waals surface area contributed by atoms with Crippen molar-refractivity contribution in [3.63, 3.8) is 0 Å². The van der Waals surface area contributed by atoms with Crippen molar-refractivity contribution in [3.05, 3.63) is 91.0 Å². The fourth-order valence-electron chi connectivity index (χ4n) is 3.91. The SMILES string of the molecule is O=S1(=O)c2ccccc2Sc2ccc(N3c4ccccc4Sc4ccccc43)cc21. The van der Waals surface area contributed by atoms with Crippen LogP contribution in [-0.4, -0.2) is 8.42 Å². The molecule has 0 aliphatic carbocycles. The second-order valence-corrected chi connectivity index (χ2v) is 11.1. The van der Waals surface area contributed by atoms with Gasteiger partial charge < -0.3 is 4.90 Å². The van der Waals surface area contributed by atoms with Crippen LogP contribution in [-0.2, 0) is 9.84 Å². The van der Waals surface area contributed by atoms with E-state index in [1.165, 1.54) is 11.8 Å². The minimum Gasteiger partial charge on any atom is -0.308 e. The van der Waals surface area contributed by atoms with Crippen LogP contribution in [0.5, 0.6) is 0 Å². The molecule has 2 aliphatic heterocycles. The first-order valence-corrected chi connectivity index (χ1v) is 12.6. The third-order valence-electron chi connectivity index (χ3n) is 5.27. The highest BCUT2D eigenvalue weighted by molar-refractivity contribution is 8.02. The number of anilines is 3. The van der Waals surface area contributed by atoms with Crippen molar-refractivity contribution in [2.24, 2.45) is 0 Å². The summed E-state index contributed by atoms with van der Waals surface area (Å²) >= 11 is 3.25. The number of hydrogen-bond acceptors (Lipinski definition) is 5. The van der Waals surface area contributed by atoms with E-state index in [2.05, 4.69) is 29.2 Å². The summed E-state index contributed by atoms with van der Waals surface area (Å²) in [6.07, 6.45) is 0. The van der Waals surface area contributed by atoms with Gasteiger partial charge in [-0.15, -0.1) is 0 Å². The van der Waals surface area contributed by atoms with E-state index in [4.69, 9.17) is 0 Å². The molecule has 0 aromatic heterocycles. The van der Waals surface area contributed by atoms with Gasteiger partial charge in [-0.2, -0.15) is 0 Å². The third-order valence-corrected chi connectivity index (χ3v) is 9.66. The van der Waals surface area contributed by atoms with Crippen molar-refractivity contribution in [1.29, 1.82) is 0 Å². The highest BCUT2D eigenvalue weighted by Crippen LogP contribution is 2.52. The van der Waals surface area contributed by atoms with E-state index in [0.717, 1.165) is 36.6 Å². The first-order valence-electron chi connectivity index (χ1n) is 9.45. The Bertz CT molecular complexity index is 1380. The molecule has 0 saturated heterocycles. The minimum absolute atomic E-state index is 0.372. The number of benzene rings is 4. The molecule has 0 radical (unpaired) electrons. The van der Waals surface area contributed by atoms with E-state index >= 15 is 0 Å². The van der Waals surface area contributed by atoms with Crippen molar-refractivity contribution in [3.8, 4) is 0 Å². The van der Waals surface area contributed by atoms with Crippen molar-refractivity contribution in [2.45, 2.75) is 29.4 Å². The van der Waals surface area contributed by atoms with Gasteiger partial charge in [0.25, 0.3) is 0 Å². The summed E-state index contributed by atoms with van der Waals surface area (Å²) in [6.45, 7) is 0. The average Bonchev–Trinajstić information content (AvgIpc) is 2.77. The smallest absolute Gasteiger partial charge is 0.208 e. The molecule has 30 heavy (non-hydrogen) atoms. The van der Waals surface area contributed by atoms with E-state index in [1.807, 2.05) is 54.6 Å². The molecular weight excluding hydrogens is 430 g/mol. The molecule has 6 heteroatoms. The maximum Gasteiger partial charge on any atom is 0.208 e. The maximum absolute atomic E-state index is 13.4. The molecule has 3 nitrogen and oxygen atoms in total. The highest BCUT2D eigenvalue weighted by atomic mass is 32.2. The lowest BCUT2D eigenvalue weighted by atomic mass is 10.2. The molecule has 0 fully saturated rings. The van der Waals surface area contributed by atoms with Gasteiger partial charge in [-0.05, 0) is 54.6 Å². The van der Waals surface area contributed by atoms with Crippen LogP contribution < -0.4 is 4.90 Å². The topological polar surface area (TPSA) is 37.4 Å². The van der Waals surface area contributed by atoms with Crippen LogP contribution in [0.1, 0.15) is 0 Å². The molecule has 2 heterocycles. The predicted molar refractivity (Wildman–Crippen MR) is 121 cm³/mol. The number of rotatable bonds is 1. The Balaban J connectivity index is 1.57. The number of fused-ring (bicyclic) bond motifs is 4. The number of hydrogen-bond donors (Lipinski definition) is 0. The van der Waals surface area contributed by atoms with E-state index in [9.17, 15) is 8.42 Å². The van der Waals surface area contributed by atoms with E-state index in [1.54, 1.807) is 23.9 Å². The molecule has 0 atom stereocenters. The van der Waals surface area contributed by atoms with Gasteiger partial charge in [0, 0.05) is 25.3 Å². The van der Waals surface area contributed by atoms with Gasteiger partial charge in [-0.1, -0.05) is 59.9 Å². The standard InChI is InChI=1S/C24H15NO2S3/c26-30(27)23-12-6-5-11-21(23)29-22-14-13-16(15-24(22)30)25-17-7-1-3-9-19(17)28-20-10-4-2-8-18(20)25/h1-15H. The molecule has 2 aliphatic rings. The Hall–Kier alpha value is -2.67. The number of para-hydroxylation sites is 2. The first kappa shape index (κ1) is 18.1. The van der Waals surface area contributed by atoms with Crippen LogP contribution >= 0.6 is 23.5 Å². The van der Waals surface area contributed by atoms with Crippen molar-refractivity contribution in [1.82, 2.24) is 0 Å². The van der Waals surface area contributed by atoms with Gasteiger partial charge in [0.2, 0.25) is 9.84 Å². The van der Waals surface area contributed by atoms with Crippen LogP contribution in [0.2, 0.25) is 0 Å². The van der Waals surface area contributed by atoms with Gasteiger partial charge in [-0.25, -0.2) is 8.42 Å².